The molecular formula is C63H126NO8P. The number of phosphoric acid groups is 1. The predicted molar refractivity (Wildman–Crippen MR) is 312 cm³/mol. The highest BCUT2D eigenvalue weighted by atomic mass is 31.2. The molecule has 0 aromatic rings. The summed E-state index contributed by atoms with van der Waals surface area (Å²) in [6.07, 6.45) is 69.5. The van der Waals surface area contributed by atoms with Crippen molar-refractivity contribution < 1.29 is 37.6 Å². The smallest absolute Gasteiger partial charge is 0.462 e. The number of esters is 2. The minimum Gasteiger partial charge on any atom is -0.462 e. The van der Waals surface area contributed by atoms with Crippen molar-refractivity contribution in [1.29, 1.82) is 0 Å². The van der Waals surface area contributed by atoms with E-state index < -0.39 is 26.5 Å². The average molecular weight is 1060 g/mol. The van der Waals surface area contributed by atoms with E-state index in [1.807, 2.05) is 0 Å². The van der Waals surface area contributed by atoms with Crippen LogP contribution in [0.3, 0.4) is 0 Å². The van der Waals surface area contributed by atoms with Gasteiger partial charge in [-0.3, -0.25) is 18.6 Å². The van der Waals surface area contributed by atoms with E-state index in [2.05, 4.69) is 13.8 Å². The summed E-state index contributed by atoms with van der Waals surface area (Å²) >= 11 is 0. The van der Waals surface area contributed by atoms with Gasteiger partial charge in [0.15, 0.2) is 6.10 Å². The Morgan fingerprint density at radius 1 is 0.356 bits per heavy atom. The fraction of sp³-hybridized carbons (Fsp3) is 0.968. The topological polar surface area (TPSA) is 134 Å². The monoisotopic (exact) mass is 1060 g/mol. The highest BCUT2D eigenvalue weighted by Gasteiger charge is 2.26. The van der Waals surface area contributed by atoms with E-state index >= 15 is 0 Å². The van der Waals surface area contributed by atoms with Gasteiger partial charge < -0.3 is 20.1 Å². The van der Waals surface area contributed by atoms with Gasteiger partial charge in [0.25, 0.3) is 0 Å². The lowest BCUT2D eigenvalue weighted by Gasteiger charge is -2.19. The number of carbonyl (C=O) groups excluding carboxylic acids is 2. The maximum absolute atomic E-state index is 12.7. The molecule has 0 aliphatic rings. The van der Waals surface area contributed by atoms with Crippen LogP contribution in [0.5, 0.6) is 0 Å². The van der Waals surface area contributed by atoms with Crippen molar-refractivity contribution in [3.8, 4) is 0 Å². The van der Waals surface area contributed by atoms with Gasteiger partial charge in [-0.05, 0) is 12.8 Å². The first-order valence-electron chi connectivity index (χ1n) is 32.5. The highest BCUT2D eigenvalue weighted by molar-refractivity contribution is 7.47. The van der Waals surface area contributed by atoms with Gasteiger partial charge in [0.1, 0.15) is 6.61 Å². The number of rotatable bonds is 63. The van der Waals surface area contributed by atoms with Crippen LogP contribution in [0.25, 0.3) is 0 Å². The molecule has 0 saturated heterocycles. The Morgan fingerprint density at radius 3 is 0.836 bits per heavy atom. The molecule has 0 spiro atoms. The lowest BCUT2D eigenvalue weighted by molar-refractivity contribution is -0.161. The molecule has 0 aromatic carbocycles. The Balaban J connectivity index is 3.63. The molecule has 0 heterocycles. The van der Waals surface area contributed by atoms with Crippen molar-refractivity contribution in [1.82, 2.24) is 0 Å². The molecule has 0 aliphatic heterocycles. The van der Waals surface area contributed by atoms with Crippen molar-refractivity contribution >= 4 is 19.8 Å². The maximum Gasteiger partial charge on any atom is 0.472 e. The Bertz CT molecular complexity index is 1160. The molecule has 9 nitrogen and oxygen atoms in total. The summed E-state index contributed by atoms with van der Waals surface area (Å²) in [5, 5.41) is 0. The zero-order valence-electron chi connectivity index (χ0n) is 48.9. The van der Waals surface area contributed by atoms with Gasteiger partial charge in [0, 0.05) is 19.4 Å². The molecule has 0 bridgehead atoms. The number of hydrogen-bond donors (Lipinski definition) is 2. The van der Waals surface area contributed by atoms with Gasteiger partial charge in [0.2, 0.25) is 0 Å². The molecule has 3 N–H and O–H groups in total. The summed E-state index contributed by atoms with van der Waals surface area (Å²) < 4.78 is 33.0. The number of ether oxygens (including phenoxy) is 2. The van der Waals surface area contributed by atoms with E-state index in [4.69, 9.17) is 24.3 Å². The molecule has 10 heteroatoms. The fourth-order valence-corrected chi connectivity index (χ4v) is 10.9. The quantitative estimate of drug-likeness (QED) is 0.0347. The van der Waals surface area contributed by atoms with Crippen LogP contribution >= 0.6 is 7.82 Å². The van der Waals surface area contributed by atoms with E-state index in [-0.39, 0.29) is 38.6 Å². The second-order valence-electron chi connectivity index (χ2n) is 22.4. The predicted octanol–water partition coefficient (Wildman–Crippen LogP) is 20.6. The summed E-state index contributed by atoms with van der Waals surface area (Å²) in [6.45, 7) is 3.80. The molecule has 0 aliphatic carbocycles. The van der Waals surface area contributed by atoms with Gasteiger partial charge >= 0.3 is 19.8 Å². The molecule has 436 valence electrons. The molecule has 0 fully saturated rings. The molecule has 2 unspecified atom stereocenters. The van der Waals surface area contributed by atoms with Gasteiger partial charge in [-0.1, -0.05) is 335 Å². The Labute approximate surface area is 454 Å². The van der Waals surface area contributed by atoms with Crippen LogP contribution in [-0.4, -0.2) is 49.3 Å². The van der Waals surface area contributed by atoms with Crippen molar-refractivity contribution in [2.75, 3.05) is 26.4 Å². The standard InChI is InChI=1S/C63H126NO8P/c1-3-5-7-9-11-13-15-16-17-18-19-20-21-22-23-24-25-26-27-28-29-30-31-32-33-34-35-36-37-38-39-40-41-42-43-44-46-48-50-52-54-56-63(66)72-61(60-71-73(67,68)70-58-57-64)59-69-62(65)55-53-51-49-47-45-14-12-10-8-6-4-2/h61H,3-60,64H2,1-2H3,(H,67,68). The van der Waals surface area contributed by atoms with E-state index in [9.17, 15) is 19.0 Å². The molecule has 0 amide bonds. The Morgan fingerprint density at radius 2 is 0.589 bits per heavy atom. The van der Waals surface area contributed by atoms with Crippen LogP contribution in [-0.2, 0) is 32.7 Å². The van der Waals surface area contributed by atoms with E-state index in [0.717, 1.165) is 32.1 Å². The first kappa shape index (κ1) is 72.0. The summed E-state index contributed by atoms with van der Waals surface area (Å²) in [6, 6.07) is 0. The molecule has 0 aromatic heterocycles. The van der Waals surface area contributed by atoms with Crippen molar-refractivity contribution in [2.45, 2.75) is 367 Å². The van der Waals surface area contributed by atoms with E-state index in [1.54, 1.807) is 0 Å². The van der Waals surface area contributed by atoms with Crippen molar-refractivity contribution in [2.24, 2.45) is 5.73 Å². The molecule has 73 heavy (non-hydrogen) atoms. The van der Waals surface area contributed by atoms with Crippen LogP contribution in [0.2, 0.25) is 0 Å². The molecule has 2 atom stereocenters. The van der Waals surface area contributed by atoms with Gasteiger partial charge in [-0.2, -0.15) is 0 Å². The number of nitrogens with two attached hydrogens (primary N) is 1. The zero-order valence-corrected chi connectivity index (χ0v) is 49.8. The van der Waals surface area contributed by atoms with E-state index in [0.29, 0.717) is 6.42 Å². The van der Waals surface area contributed by atoms with Crippen LogP contribution in [0.15, 0.2) is 0 Å². The number of unbranched alkanes of at least 4 members (excludes halogenated alkanes) is 50. The third-order valence-electron chi connectivity index (χ3n) is 15.0. The summed E-state index contributed by atoms with van der Waals surface area (Å²) in [7, 11) is -4.38. The molecular weight excluding hydrogens is 930 g/mol. The fourth-order valence-electron chi connectivity index (χ4n) is 10.2. The van der Waals surface area contributed by atoms with Crippen LogP contribution in [0, 0.1) is 0 Å². The highest BCUT2D eigenvalue weighted by Crippen LogP contribution is 2.43. The summed E-state index contributed by atoms with van der Waals surface area (Å²) in [5.74, 6) is -0.807. The first-order chi connectivity index (χ1) is 35.8. The molecule has 0 rings (SSSR count). The average Bonchev–Trinajstić information content (AvgIpc) is 3.38. The number of phosphoric ester groups is 1. The second-order valence-corrected chi connectivity index (χ2v) is 23.8. The Hall–Kier alpha value is -0.990. The van der Waals surface area contributed by atoms with E-state index in [1.165, 1.54) is 295 Å². The third kappa shape index (κ3) is 60.1. The summed E-state index contributed by atoms with van der Waals surface area (Å²) in [4.78, 5) is 35.0. The second kappa shape index (κ2) is 60.2. The normalized spacial score (nSPS) is 12.9. The minimum absolute atomic E-state index is 0.0583. The lowest BCUT2D eigenvalue weighted by Crippen LogP contribution is -2.29. The van der Waals surface area contributed by atoms with Gasteiger partial charge in [-0.25, -0.2) is 4.57 Å². The van der Waals surface area contributed by atoms with Crippen LogP contribution in [0.1, 0.15) is 361 Å². The van der Waals surface area contributed by atoms with Crippen molar-refractivity contribution in [3.05, 3.63) is 0 Å². The zero-order chi connectivity index (χ0) is 53.1. The largest absolute Gasteiger partial charge is 0.472 e. The summed E-state index contributed by atoms with van der Waals surface area (Å²) in [5.41, 5.74) is 5.37. The van der Waals surface area contributed by atoms with Crippen molar-refractivity contribution in [3.63, 3.8) is 0 Å². The van der Waals surface area contributed by atoms with Crippen LogP contribution < -0.4 is 5.73 Å². The SMILES string of the molecule is CCCCCCCCCCCCCCCCCCCCCCCCCCCCCCCCCCCCCCCCCCCC(=O)OC(COC(=O)CCCCCCCCCCCCC)COP(=O)(O)OCCN. The van der Waals surface area contributed by atoms with Gasteiger partial charge in [-0.15, -0.1) is 0 Å². The maximum atomic E-state index is 12.7. The number of carbonyl (C=O) groups is 2. The minimum atomic E-state index is -4.38. The van der Waals surface area contributed by atoms with Gasteiger partial charge in [0.05, 0.1) is 13.2 Å². The number of hydrogen-bond acceptors (Lipinski definition) is 8. The van der Waals surface area contributed by atoms with Crippen LogP contribution in [0.4, 0.5) is 0 Å². The lowest BCUT2D eigenvalue weighted by atomic mass is 10.0. The molecule has 0 radical (unpaired) electrons. The Kier molecular flexibility index (Phi) is 59.4. The molecule has 0 saturated carbocycles. The third-order valence-corrected chi connectivity index (χ3v) is 16.0. The first-order valence-corrected chi connectivity index (χ1v) is 34.0.